The first kappa shape index (κ1) is 10.1. The highest BCUT2D eigenvalue weighted by molar-refractivity contribution is 5.33. The summed E-state index contributed by atoms with van der Waals surface area (Å²) in [5.41, 5.74) is 1.23. The lowest BCUT2D eigenvalue weighted by Gasteiger charge is -2.01. The fourth-order valence-corrected chi connectivity index (χ4v) is 1.22. The van der Waals surface area contributed by atoms with Crippen molar-refractivity contribution in [3.05, 3.63) is 36.0 Å². The van der Waals surface area contributed by atoms with Crippen molar-refractivity contribution >= 4 is 5.82 Å². The molecule has 0 amide bonds. The smallest absolute Gasteiger partial charge is 0.158 e. The minimum Gasteiger partial charge on any atom is -0.363 e. The summed E-state index contributed by atoms with van der Waals surface area (Å²) in [7, 11) is 1.87. The van der Waals surface area contributed by atoms with Crippen LogP contribution in [0.4, 0.5) is 5.82 Å². The van der Waals surface area contributed by atoms with Crippen LogP contribution in [0.1, 0.15) is 11.4 Å². The summed E-state index contributed by atoms with van der Waals surface area (Å²) in [5.74, 6) is 0.629. The third-order valence-corrected chi connectivity index (χ3v) is 1.99. The van der Waals surface area contributed by atoms with Gasteiger partial charge in [-0.3, -0.25) is 4.68 Å². The van der Waals surface area contributed by atoms with Crippen LogP contribution >= 0.6 is 0 Å². The monoisotopic (exact) mass is 214 g/mol. The van der Waals surface area contributed by atoms with E-state index in [9.17, 15) is 0 Å². The Morgan fingerprint density at radius 1 is 1.44 bits per heavy atom. The summed E-state index contributed by atoms with van der Waals surface area (Å²) in [6, 6.07) is 3.83. The molecule has 1 N–H and O–H groups in total. The van der Waals surface area contributed by atoms with Gasteiger partial charge in [0.2, 0.25) is 0 Å². The second-order valence-corrected chi connectivity index (χ2v) is 3.23. The Labute approximate surface area is 92.6 Å². The largest absolute Gasteiger partial charge is 0.363 e. The van der Waals surface area contributed by atoms with Gasteiger partial charge in [0, 0.05) is 13.2 Å². The third-order valence-electron chi connectivity index (χ3n) is 1.99. The van der Waals surface area contributed by atoms with E-state index in [0.717, 1.165) is 5.69 Å². The molecule has 2 rings (SSSR count). The van der Waals surface area contributed by atoms with Gasteiger partial charge in [0.15, 0.2) is 5.69 Å². The molecule has 0 aliphatic carbocycles. The summed E-state index contributed by atoms with van der Waals surface area (Å²) < 4.78 is 1.74. The quantitative estimate of drug-likeness (QED) is 0.813. The molecule has 2 aromatic heterocycles. The number of nitriles is 1. The molecule has 0 unspecified atom stereocenters. The van der Waals surface area contributed by atoms with E-state index in [2.05, 4.69) is 20.4 Å². The number of aromatic nitrogens is 4. The Morgan fingerprint density at radius 2 is 2.31 bits per heavy atom. The van der Waals surface area contributed by atoms with E-state index in [1.807, 2.05) is 25.4 Å². The summed E-state index contributed by atoms with van der Waals surface area (Å²) in [6.07, 6.45) is 4.84. The molecule has 0 spiro atoms. The van der Waals surface area contributed by atoms with Crippen LogP contribution < -0.4 is 5.32 Å². The highest BCUT2D eigenvalue weighted by Crippen LogP contribution is 2.03. The molecule has 0 aliphatic rings. The second-order valence-electron chi connectivity index (χ2n) is 3.23. The minimum atomic E-state index is 0.309. The molecule has 0 fully saturated rings. The Bertz CT molecular complexity index is 507. The molecule has 0 saturated heterocycles. The molecule has 0 radical (unpaired) electrons. The van der Waals surface area contributed by atoms with Crippen LogP contribution in [0.15, 0.2) is 24.7 Å². The zero-order chi connectivity index (χ0) is 11.4. The van der Waals surface area contributed by atoms with E-state index in [4.69, 9.17) is 5.26 Å². The molecule has 80 valence electrons. The van der Waals surface area contributed by atoms with Gasteiger partial charge in [-0.25, -0.2) is 9.97 Å². The van der Waals surface area contributed by atoms with Gasteiger partial charge in [-0.05, 0) is 6.07 Å². The van der Waals surface area contributed by atoms with Crippen LogP contribution in [0.25, 0.3) is 0 Å². The van der Waals surface area contributed by atoms with Gasteiger partial charge in [-0.1, -0.05) is 0 Å². The lowest BCUT2D eigenvalue weighted by atomic mass is 10.4. The molecular weight excluding hydrogens is 204 g/mol. The normalized spacial score (nSPS) is 9.75. The molecular formula is C10H10N6. The fraction of sp³-hybridized carbons (Fsp3) is 0.200. The highest BCUT2D eigenvalue weighted by Gasteiger charge is 1.98. The van der Waals surface area contributed by atoms with Crippen LogP contribution in [-0.2, 0) is 13.6 Å². The van der Waals surface area contributed by atoms with Crippen LogP contribution in [0.2, 0.25) is 0 Å². The van der Waals surface area contributed by atoms with Crippen molar-refractivity contribution in [3.8, 4) is 6.07 Å². The zero-order valence-electron chi connectivity index (χ0n) is 8.75. The fourth-order valence-electron chi connectivity index (χ4n) is 1.22. The maximum absolute atomic E-state index is 8.55. The van der Waals surface area contributed by atoms with Crippen LogP contribution in [-0.4, -0.2) is 19.7 Å². The van der Waals surface area contributed by atoms with Crippen LogP contribution in [0.3, 0.4) is 0 Å². The lowest BCUT2D eigenvalue weighted by molar-refractivity contribution is 0.747. The van der Waals surface area contributed by atoms with Gasteiger partial charge in [0.25, 0.3) is 0 Å². The SMILES string of the molecule is Cn1ccc(CNc2cnc(C#N)cn2)n1. The maximum Gasteiger partial charge on any atom is 0.158 e. The number of hydrogen-bond donors (Lipinski definition) is 1. The van der Waals surface area contributed by atoms with E-state index in [1.54, 1.807) is 4.68 Å². The molecule has 6 nitrogen and oxygen atoms in total. The summed E-state index contributed by atoms with van der Waals surface area (Å²) in [5, 5.41) is 15.8. The number of nitrogens with zero attached hydrogens (tertiary/aromatic N) is 5. The molecule has 2 heterocycles. The van der Waals surface area contributed by atoms with Gasteiger partial charge in [-0.15, -0.1) is 0 Å². The standard InChI is InChI=1S/C10H10N6/c1-16-3-2-8(15-16)5-13-10-7-12-9(4-11)6-14-10/h2-3,6-7H,5H2,1H3,(H,13,14). The summed E-state index contributed by atoms with van der Waals surface area (Å²) in [4.78, 5) is 7.94. The Kier molecular flexibility index (Phi) is 2.78. The molecule has 0 saturated carbocycles. The average Bonchev–Trinajstić information content (AvgIpc) is 2.73. The molecule has 2 aromatic rings. The van der Waals surface area contributed by atoms with E-state index >= 15 is 0 Å². The van der Waals surface area contributed by atoms with Crippen molar-refractivity contribution in [2.24, 2.45) is 7.05 Å². The van der Waals surface area contributed by atoms with Crippen molar-refractivity contribution in [2.75, 3.05) is 5.32 Å². The van der Waals surface area contributed by atoms with Crippen LogP contribution in [0, 0.1) is 11.3 Å². The van der Waals surface area contributed by atoms with Crippen LogP contribution in [0.5, 0.6) is 0 Å². The molecule has 16 heavy (non-hydrogen) atoms. The van der Waals surface area contributed by atoms with E-state index in [0.29, 0.717) is 18.1 Å². The second kappa shape index (κ2) is 4.40. The number of aryl methyl sites for hydroxylation is 1. The molecule has 0 bridgehead atoms. The zero-order valence-corrected chi connectivity index (χ0v) is 8.75. The first-order chi connectivity index (χ1) is 7.78. The molecule has 0 aromatic carbocycles. The Morgan fingerprint density at radius 3 is 2.88 bits per heavy atom. The predicted molar refractivity (Wildman–Crippen MR) is 57.3 cm³/mol. The van der Waals surface area contributed by atoms with Gasteiger partial charge < -0.3 is 5.32 Å². The highest BCUT2D eigenvalue weighted by atomic mass is 15.3. The van der Waals surface area contributed by atoms with E-state index in [-0.39, 0.29) is 0 Å². The van der Waals surface area contributed by atoms with Gasteiger partial charge in [0.05, 0.1) is 24.6 Å². The summed E-state index contributed by atoms with van der Waals surface area (Å²) in [6.45, 7) is 0.585. The van der Waals surface area contributed by atoms with E-state index in [1.165, 1.54) is 12.4 Å². The predicted octanol–water partition coefficient (Wildman–Crippen LogP) is 0.694. The van der Waals surface area contributed by atoms with Crippen molar-refractivity contribution in [1.29, 1.82) is 5.26 Å². The Hall–Kier alpha value is -2.42. The van der Waals surface area contributed by atoms with E-state index < -0.39 is 0 Å². The Balaban J connectivity index is 1.97. The maximum atomic E-state index is 8.55. The number of hydrogen-bond acceptors (Lipinski definition) is 5. The first-order valence-corrected chi connectivity index (χ1v) is 4.72. The lowest BCUT2D eigenvalue weighted by Crippen LogP contribution is -2.03. The number of anilines is 1. The average molecular weight is 214 g/mol. The van der Waals surface area contributed by atoms with Gasteiger partial charge >= 0.3 is 0 Å². The topological polar surface area (TPSA) is 79.4 Å². The number of rotatable bonds is 3. The van der Waals surface area contributed by atoms with Gasteiger partial charge in [0.1, 0.15) is 11.9 Å². The first-order valence-electron chi connectivity index (χ1n) is 4.72. The molecule has 6 heteroatoms. The van der Waals surface area contributed by atoms with Crippen molar-refractivity contribution in [1.82, 2.24) is 19.7 Å². The number of nitrogens with one attached hydrogen (secondary N) is 1. The summed E-state index contributed by atoms with van der Waals surface area (Å²) >= 11 is 0. The van der Waals surface area contributed by atoms with Crippen molar-refractivity contribution in [2.45, 2.75) is 6.54 Å². The third kappa shape index (κ3) is 2.33. The van der Waals surface area contributed by atoms with Crippen molar-refractivity contribution < 1.29 is 0 Å². The van der Waals surface area contributed by atoms with Gasteiger partial charge in [-0.2, -0.15) is 10.4 Å². The molecule has 0 atom stereocenters. The minimum absolute atomic E-state index is 0.309. The molecule has 0 aliphatic heterocycles. The van der Waals surface area contributed by atoms with Crippen molar-refractivity contribution in [3.63, 3.8) is 0 Å².